The van der Waals surface area contributed by atoms with Crippen LogP contribution in [0.15, 0.2) is 18.3 Å². The van der Waals surface area contributed by atoms with E-state index in [0.717, 1.165) is 12.2 Å². The molecule has 0 bridgehead atoms. The van der Waals surface area contributed by atoms with E-state index >= 15 is 0 Å². The summed E-state index contributed by atoms with van der Waals surface area (Å²) in [5.74, 6) is 0. The highest BCUT2D eigenvalue weighted by atomic mass is 19.4. The molecule has 1 aromatic rings. The summed E-state index contributed by atoms with van der Waals surface area (Å²) in [5, 5.41) is 3.09. The number of hydrogen-bond donors (Lipinski definition) is 1. The Balaban J connectivity index is 2.58. The molecule has 3 nitrogen and oxygen atoms in total. The average Bonchev–Trinajstić information content (AvgIpc) is 2.15. The SMILES string of the molecule is CCNc1ccnc(CN(C)CC(F)(F)F)c1. The molecule has 0 amide bonds. The maximum atomic E-state index is 12.1. The second-order valence-corrected chi connectivity index (χ2v) is 3.85. The van der Waals surface area contributed by atoms with E-state index in [1.165, 1.54) is 11.9 Å². The Hall–Kier alpha value is -1.30. The van der Waals surface area contributed by atoms with Crippen LogP contribution in [0.2, 0.25) is 0 Å². The van der Waals surface area contributed by atoms with Crippen LogP contribution in [0.3, 0.4) is 0 Å². The number of halogens is 3. The molecule has 0 spiro atoms. The molecule has 0 radical (unpaired) electrons. The fraction of sp³-hybridized carbons (Fsp3) is 0.545. The zero-order valence-corrected chi connectivity index (χ0v) is 9.88. The van der Waals surface area contributed by atoms with E-state index in [4.69, 9.17) is 0 Å². The van der Waals surface area contributed by atoms with Gasteiger partial charge in [0.05, 0.1) is 12.2 Å². The number of alkyl halides is 3. The van der Waals surface area contributed by atoms with Gasteiger partial charge < -0.3 is 5.32 Å². The molecule has 0 saturated heterocycles. The number of pyridine rings is 1. The van der Waals surface area contributed by atoms with Gasteiger partial charge in [0.15, 0.2) is 0 Å². The van der Waals surface area contributed by atoms with Crippen LogP contribution < -0.4 is 5.32 Å². The summed E-state index contributed by atoms with van der Waals surface area (Å²) in [6.45, 7) is 1.97. The van der Waals surface area contributed by atoms with Crippen molar-refractivity contribution in [3.8, 4) is 0 Å². The first kappa shape index (κ1) is 13.8. The van der Waals surface area contributed by atoms with Crippen molar-refractivity contribution in [3.63, 3.8) is 0 Å². The normalized spacial score (nSPS) is 11.9. The predicted molar refractivity (Wildman–Crippen MR) is 60.8 cm³/mol. The van der Waals surface area contributed by atoms with Gasteiger partial charge in [0, 0.05) is 25.0 Å². The number of nitrogens with zero attached hydrogens (tertiary/aromatic N) is 2. The van der Waals surface area contributed by atoms with Gasteiger partial charge in [-0.05, 0) is 26.1 Å². The van der Waals surface area contributed by atoms with Crippen LogP contribution in [-0.4, -0.2) is 36.2 Å². The topological polar surface area (TPSA) is 28.2 Å². The Kier molecular flexibility index (Phi) is 4.74. The third-order valence-corrected chi connectivity index (χ3v) is 2.08. The van der Waals surface area contributed by atoms with Gasteiger partial charge >= 0.3 is 6.18 Å². The van der Waals surface area contributed by atoms with Gasteiger partial charge in [-0.25, -0.2) is 0 Å². The molecule has 0 unspecified atom stereocenters. The van der Waals surface area contributed by atoms with Crippen molar-refractivity contribution >= 4 is 5.69 Å². The quantitative estimate of drug-likeness (QED) is 0.866. The third kappa shape index (κ3) is 5.53. The lowest BCUT2D eigenvalue weighted by Gasteiger charge is -2.18. The van der Waals surface area contributed by atoms with Gasteiger partial charge in [-0.15, -0.1) is 0 Å². The highest BCUT2D eigenvalue weighted by Gasteiger charge is 2.29. The van der Waals surface area contributed by atoms with Crippen LogP contribution in [0.1, 0.15) is 12.6 Å². The Morgan fingerprint density at radius 2 is 2.12 bits per heavy atom. The monoisotopic (exact) mass is 247 g/mol. The average molecular weight is 247 g/mol. The summed E-state index contributed by atoms with van der Waals surface area (Å²) in [4.78, 5) is 5.24. The molecule has 0 aliphatic heterocycles. The lowest BCUT2D eigenvalue weighted by atomic mass is 10.3. The van der Waals surface area contributed by atoms with E-state index < -0.39 is 12.7 Å². The molecule has 1 aromatic heterocycles. The van der Waals surface area contributed by atoms with Gasteiger partial charge in [-0.1, -0.05) is 0 Å². The summed E-state index contributed by atoms with van der Waals surface area (Å²) in [7, 11) is 1.43. The first-order chi connectivity index (χ1) is 7.90. The lowest BCUT2D eigenvalue weighted by molar-refractivity contribution is -0.144. The minimum atomic E-state index is -4.17. The first-order valence-electron chi connectivity index (χ1n) is 5.35. The summed E-state index contributed by atoms with van der Waals surface area (Å²) < 4.78 is 36.4. The number of nitrogens with one attached hydrogen (secondary N) is 1. The molecule has 96 valence electrons. The minimum Gasteiger partial charge on any atom is -0.385 e. The molecular weight excluding hydrogens is 231 g/mol. The van der Waals surface area contributed by atoms with Crippen LogP contribution >= 0.6 is 0 Å². The highest BCUT2D eigenvalue weighted by Crippen LogP contribution is 2.17. The van der Waals surface area contributed by atoms with E-state index in [0.29, 0.717) is 5.69 Å². The number of rotatable bonds is 5. The minimum absolute atomic E-state index is 0.179. The summed E-state index contributed by atoms with van der Waals surface area (Å²) in [5.41, 5.74) is 1.49. The largest absolute Gasteiger partial charge is 0.401 e. The van der Waals surface area contributed by atoms with Crippen molar-refractivity contribution in [2.45, 2.75) is 19.6 Å². The Morgan fingerprint density at radius 3 is 2.71 bits per heavy atom. The number of aromatic nitrogens is 1. The molecule has 17 heavy (non-hydrogen) atoms. The van der Waals surface area contributed by atoms with Crippen LogP contribution in [0, 0.1) is 0 Å². The van der Waals surface area contributed by atoms with Crippen molar-refractivity contribution in [2.24, 2.45) is 0 Å². The lowest BCUT2D eigenvalue weighted by Crippen LogP contribution is -2.30. The molecule has 0 saturated carbocycles. The highest BCUT2D eigenvalue weighted by molar-refractivity contribution is 5.42. The molecule has 0 atom stereocenters. The van der Waals surface area contributed by atoms with Gasteiger partial charge in [-0.3, -0.25) is 9.88 Å². The molecule has 0 aliphatic carbocycles. The number of hydrogen-bond acceptors (Lipinski definition) is 3. The first-order valence-corrected chi connectivity index (χ1v) is 5.35. The molecular formula is C11H16F3N3. The van der Waals surface area contributed by atoms with E-state index in [-0.39, 0.29) is 6.54 Å². The zero-order chi connectivity index (χ0) is 12.9. The predicted octanol–water partition coefficient (Wildman–Crippen LogP) is 2.51. The molecule has 0 aliphatic rings. The van der Waals surface area contributed by atoms with E-state index in [1.807, 2.05) is 6.92 Å². The summed E-state index contributed by atoms with van der Waals surface area (Å²) in [6.07, 6.45) is -2.58. The Labute approximate surface area is 98.6 Å². The second-order valence-electron chi connectivity index (χ2n) is 3.85. The van der Waals surface area contributed by atoms with Crippen LogP contribution in [-0.2, 0) is 6.54 Å². The van der Waals surface area contributed by atoms with Crippen molar-refractivity contribution in [3.05, 3.63) is 24.0 Å². The van der Waals surface area contributed by atoms with Crippen molar-refractivity contribution in [2.75, 3.05) is 25.5 Å². The van der Waals surface area contributed by atoms with Crippen LogP contribution in [0.25, 0.3) is 0 Å². The van der Waals surface area contributed by atoms with E-state index in [9.17, 15) is 13.2 Å². The Morgan fingerprint density at radius 1 is 1.41 bits per heavy atom. The number of anilines is 1. The Bertz CT molecular complexity index is 352. The molecule has 1 N–H and O–H groups in total. The van der Waals surface area contributed by atoms with Gasteiger partial charge in [-0.2, -0.15) is 13.2 Å². The van der Waals surface area contributed by atoms with E-state index in [2.05, 4.69) is 10.3 Å². The molecule has 0 fully saturated rings. The standard InChI is InChI=1S/C11H16F3N3/c1-3-15-9-4-5-16-10(6-9)7-17(2)8-11(12,13)14/h4-6H,3,7-8H2,1-2H3,(H,15,16). The summed E-state index contributed by atoms with van der Waals surface area (Å²) >= 11 is 0. The molecule has 1 heterocycles. The van der Waals surface area contributed by atoms with Crippen molar-refractivity contribution < 1.29 is 13.2 Å². The molecule has 1 rings (SSSR count). The van der Waals surface area contributed by atoms with Crippen molar-refractivity contribution in [1.29, 1.82) is 0 Å². The van der Waals surface area contributed by atoms with Gasteiger partial charge in [0.2, 0.25) is 0 Å². The second kappa shape index (κ2) is 5.86. The smallest absolute Gasteiger partial charge is 0.385 e. The molecule has 6 heteroatoms. The maximum absolute atomic E-state index is 12.1. The summed E-state index contributed by atoms with van der Waals surface area (Å²) in [6, 6.07) is 3.55. The van der Waals surface area contributed by atoms with Crippen LogP contribution in [0.4, 0.5) is 18.9 Å². The molecule has 0 aromatic carbocycles. The maximum Gasteiger partial charge on any atom is 0.401 e. The van der Waals surface area contributed by atoms with Crippen molar-refractivity contribution in [1.82, 2.24) is 9.88 Å². The van der Waals surface area contributed by atoms with Crippen LogP contribution in [0.5, 0.6) is 0 Å². The zero-order valence-electron chi connectivity index (χ0n) is 9.88. The van der Waals surface area contributed by atoms with Gasteiger partial charge in [0.25, 0.3) is 0 Å². The fourth-order valence-corrected chi connectivity index (χ4v) is 1.52. The van der Waals surface area contributed by atoms with E-state index in [1.54, 1.807) is 18.3 Å². The van der Waals surface area contributed by atoms with Gasteiger partial charge in [0.1, 0.15) is 0 Å². The third-order valence-electron chi connectivity index (χ3n) is 2.08. The fourth-order valence-electron chi connectivity index (χ4n) is 1.52.